The molecule has 0 bridgehead atoms. The fourth-order valence-corrected chi connectivity index (χ4v) is 3.51. The van der Waals surface area contributed by atoms with E-state index in [9.17, 15) is 19.7 Å². The lowest BCUT2D eigenvalue weighted by Gasteiger charge is -2.25. The number of aryl methyl sites for hydroxylation is 1. The first-order chi connectivity index (χ1) is 11.5. The minimum atomic E-state index is -0.617. The molecule has 10 heteroatoms. The summed E-state index contributed by atoms with van der Waals surface area (Å²) in [6.45, 7) is 3.38. The minimum absolute atomic E-state index is 0. The summed E-state index contributed by atoms with van der Waals surface area (Å²) in [5.41, 5.74) is -1.32. The van der Waals surface area contributed by atoms with Gasteiger partial charge in [0.2, 0.25) is 0 Å². The normalized spacial score (nSPS) is 15.1. The van der Waals surface area contributed by atoms with Gasteiger partial charge in [-0.05, 0) is 38.9 Å². The van der Waals surface area contributed by atoms with Gasteiger partial charge in [0.1, 0.15) is 5.52 Å². The molecule has 0 saturated carbocycles. The van der Waals surface area contributed by atoms with Gasteiger partial charge in [0.05, 0.1) is 10.3 Å². The molecule has 1 N–H and O–H groups in total. The number of hydrogen-bond donors (Lipinski definition) is 1. The molecular weight excluding hydrogens is 416 g/mol. The number of rotatable bonds is 3. The highest BCUT2D eigenvalue weighted by Gasteiger charge is 2.26. The molecule has 1 aromatic carbocycles. The lowest BCUT2D eigenvalue weighted by atomic mass is 10.1. The zero-order valence-electron chi connectivity index (χ0n) is 13.5. The number of benzene rings is 1. The molecule has 136 valence electrons. The highest BCUT2D eigenvalue weighted by molar-refractivity contribution is 8.93. The van der Waals surface area contributed by atoms with Gasteiger partial charge in [-0.25, -0.2) is 4.79 Å². The maximum atomic E-state index is 12.9. The van der Waals surface area contributed by atoms with Crippen molar-refractivity contribution in [2.45, 2.75) is 32.4 Å². The molecule has 1 fully saturated rings. The van der Waals surface area contributed by atoms with Crippen LogP contribution in [-0.2, 0) is 6.54 Å². The van der Waals surface area contributed by atoms with E-state index in [1.807, 2.05) is 0 Å². The number of nitrogens with one attached hydrogen (secondary N) is 1. The third kappa shape index (κ3) is 3.36. The Kier molecular flexibility index (Phi) is 6.02. The van der Waals surface area contributed by atoms with E-state index in [0.717, 1.165) is 13.1 Å². The van der Waals surface area contributed by atoms with E-state index in [1.54, 1.807) is 6.92 Å². The SMILES string of the molecule is Br.CCn1c(=O)n(C2CCNCC2)c(=O)c2cc(Cl)cc([N+](=O)[O-])c21. The maximum absolute atomic E-state index is 12.9. The average Bonchev–Trinajstić information content (AvgIpc) is 2.56. The Bertz CT molecular complexity index is 934. The van der Waals surface area contributed by atoms with Crippen molar-refractivity contribution < 1.29 is 4.92 Å². The van der Waals surface area contributed by atoms with Crippen molar-refractivity contribution in [2.24, 2.45) is 0 Å². The fraction of sp³-hybridized carbons (Fsp3) is 0.467. The van der Waals surface area contributed by atoms with Crippen LogP contribution in [0.3, 0.4) is 0 Å². The summed E-state index contributed by atoms with van der Waals surface area (Å²) in [6, 6.07) is 2.35. The molecule has 25 heavy (non-hydrogen) atoms. The van der Waals surface area contributed by atoms with E-state index >= 15 is 0 Å². The van der Waals surface area contributed by atoms with Crippen molar-refractivity contribution in [1.29, 1.82) is 0 Å². The molecule has 1 aliphatic heterocycles. The number of halogens is 2. The van der Waals surface area contributed by atoms with Gasteiger partial charge in [-0.2, -0.15) is 0 Å². The molecule has 2 aromatic rings. The first-order valence-corrected chi connectivity index (χ1v) is 8.17. The van der Waals surface area contributed by atoms with Gasteiger partial charge in [-0.1, -0.05) is 11.6 Å². The van der Waals surface area contributed by atoms with Crippen LogP contribution in [0.15, 0.2) is 21.7 Å². The summed E-state index contributed by atoms with van der Waals surface area (Å²) in [5, 5.41) is 14.8. The van der Waals surface area contributed by atoms with E-state index in [0.29, 0.717) is 12.8 Å². The largest absolute Gasteiger partial charge is 0.331 e. The van der Waals surface area contributed by atoms with Crippen LogP contribution in [-0.4, -0.2) is 27.1 Å². The molecule has 1 aromatic heterocycles. The molecule has 0 atom stereocenters. The van der Waals surface area contributed by atoms with E-state index in [4.69, 9.17) is 11.6 Å². The van der Waals surface area contributed by atoms with Gasteiger partial charge in [0.15, 0.2) is 0 Å². The lowest BCUT2D eigenvalue weighted by Crippen LogP contribution is -2.45. The summed E-state index contributed by atoms with van der Waals surface area (Å²) >= 11 is 5.96. The van der Waals surface area contributed by atoms with Crippen molar-refractivity contribution >= 4 is 45.2 Å². The molecular formula is C15H18BrClN4O4. The molecule has 1 saturated heterocycles. The Morgan fingerprint density at radius 3 is 2.52 bits per heavy atom. The number of hydrogen-bond acceptors (Lipinski definition) is 5. The highest BCUT2D eigenvalue weighted by Crippen LogP contribution is 2.28. The molecule has 0 spiro atoms. The van der Waals surface area contributed by atoms with Crippen molar-refractivity contribution in [3.05, 3.63) is 48.1 Å². The summed E-state index contributed by atoms with van der Waals surface area (Å²) in [7, 11) is 0. The first kappa shape index (κ1) is 19.6. The highest BCUT2D eigenvalue weighted by atomic mass is 79.9. The predicted molar refractivity (Wildman–Crippen MR) is 101 cm³/mol. The van der Waals surface area contributed by atoms with Gasteiger partial charge < -0.3 is 5.32 Å². The number of non-ortho nitro benzene ring substituents is 1. The third-order valence-corrected chi connectivity index (χ3v) is 4.62. The molecule has 0 aliphatic carbocycles. The van der Waals surface area contributed by atoms with Crippen LogP contribution in [0.2, 0.25) is 5.02 Å². The second kappa shape index (κ2) is 7.67. The number of fused-ring (bicyclic) bond motifs is 1. The Labute approximate surface area is 158 Å². The smallest absolute Gasteiger partial charge is 0.317 e. The number of nitrogens with zero attached hydrogens (tertiary/aromatic N) is 3. The first-order valence-electron chi connectivity index (χ1n) is 7.79. The Morgan fingerprint density at radius 1 is 1.32 bits per heavy atom. The van der Waals surface area contributed by atoms with Crippen LogP contribution in [0, 0.1) is 10.1 Å². The van der Waals surface area contributed by atoms with Gasteiger partial charge in [-0.3, -0.25) is 24.0 Å². The fourth-order valence-electron chi connectivity index (χ4n) is 3.29. The van der Waals surface area contributed by atoms with Crippen molar-refractivity contribution in [3.63, 3.8) is 0 Å². The molecule has 2 heterocycles. The molecule has 1 aliphatic rings. The second-order valence-electron chi connectivity index (χ2n) is 5.76. The van der Waals surface area contributed by atoms with E-state index in [-0.39, 0.29) is 51.2 Å². The Hall–Kier alpha value is -1.71. The van der Waals surface area contributed by atoms with E-state index in [1.165, 1.54) is 21.3 Å². The van der Waals surface area contributed by atoms with Crippen LogP contribution in [0.25, 0.3) is 10.9 Å². The zero-order valence-corrected chi connectivity index (χ0v) is 16.0. The van der Waals surface area contributed by atoms with Gasteiger partial charge >= 0.3 is 5.69 Å². The monoisotopic (exact) mass is 432 g/mol. The topological polar surface area (TPSA) is 99.2 Å². The van der Waals surface area contributed by atoms with E-state index < -0.39 is 16.2 Å². The Morgan fingerprint density at radius 2 is 1.96 bits per heavy atom. The number of nitro groups is 1. The van der Waals surface area contributed by atoms with Gasteiger partial charge in [0.25, 0.3) is 11.2 Å². The quantitative estimate of drug-likeness (QED) is 0.591. The third-order valence-electron chi connectivity index (χ3n) is 4.40. The molecule has 0 amide bonds. The molecule has 0 unspecified atom stereocenters. The van der Waals surface area contributed by atoms with Crippen LogP contribution < -0.4 is 16.6 Å². The average molecular weight is 434 g/mol. The van der Waals surface area contributed by atoms with Crippen LogP contribution in [0.5, 0.6) is 0 Å². The summed E-state index contributed by atoms with van der Waals surface area (Å²) < 4.78 is 2.51. The number of piperidine rings is 1. The van der Waals surface area contributed by atoms with Crippen LogP contribution >= 0.6 is 28.6 Å². The molecule has 0 radical (unpaired) electrons. The Balaban J connectivity index is 0.00000225. The van der Waals surface area contributed by atoms with Gasteiger partial charge in [-0.15, -0.1) is 17.0 Å². The number of nitro benzene ring substituents is 1. The van der Waals surface area contributed by atoms with E-state index in [2.05, 4.69) is 5.32 Å². The number of aromatic nitrogens is 2. The van der Waals surface area contributed by atoms with Crippen LogP contribution in [0.4, 0.5) is 5.69 Å². The van der Waals surface area contributed by atoms with Crippen molar-refractivity contribution in [2.75, 3.05) is 13.1 Å². The van der Waals surface area contributed by atoms with Gasteiger partial charge in [0, 0.05) is 23.7 Å². The zero-order chi connectivity index (χ0) is 17.4. The summed E-state index contributed by atoms with van der Waals surface area (Å²) in [6.07, 6.45) is 1.32. The molecule has 8 nitrogen and oxygen atoms in total. The van der Waals surface area contributed by atoms with Crippen molar-refractivity contribution in [3.8, 4) is 0 Å². The molecule has 3 rings (SSSR count). The summed E-state index contributed by atoms with van der Waals surface area (Å²) in [5.74, 6) is 0. The summed E-state index contributed by atoms with van der Waals surface area (Å²) in [4.78, 5) is 36.5. The van der Waals surface area contributed by atoms with Crippen molar-refractivity contribution in [1.82, 2.24) is 14.5 Å². The lowest BCUT2D eigenvalue weighted by molar-refractivity contribution is -0.383. The predicted octanol–water partition coefficient (Wildman–Crippen LogP) is 2.25. The maximum Gasteiger partial charge on any atom is 0.331 e. The second-order valence-corrected chi connectivity index (χ2v) is 6.20. The van der Waals surface area contributed by atoms with Crippen LogP contribution in [0.1, 0.15) is 25.8 Å². The minimum Gasteiger partial charge on any atom is -0.317 e. The standard InChI is InChI=1S/C15H17ClN4O4.BrH/c1-2-18-13-11(7-9(16)8-12(13)20(23)24)14(21)19(15(18)22)10-3-5-17-6-4-10;/h7-8,10,17H,2-6H2,1H3;1H.